The Hall–Kier alpha value is -0.320. The molecule has 17 heavy (non-hydrogen) atoms. The maximum atomic E-state index is 12.3. The van der Waals surface area contributed by atoms with E-state index in [9.17, 15) is 4.79 Å². The Morgan fingerprint density at radius 2 is 2.18 bits per heavy atom. The van der Waals surface area contributed by atoms with E-state index in [1.54, 1.807) is 0 Å². The number of piperidine rings is 1. The van der Waals surface area contributed by atoms with E-state index in [1.807, 2.05) is 11.8 Å². The lowest BCUT2D eigenvalue weighted by molar-refractivity contribution is -0.143. The second-order valence-electron chi connectivity index (χ2n) is 5.04. The Morgan fingerprint density at radius 3 is 2.82 bits per heavy atom. The number of carbonyl (C=O) groups excluding carboxylic acids is 1. The molecule has 0 aromatic heterocycles. The van der Waals surface area contributed by atoms with E-state index >= 15 is 0 Å². The van der Waals surface area contributed by atoms with Crippen LogP contribution in [0, 0.1) is 5.92 Å². The Morgan fingerprint density at radius 1 is 1.41 bits per heavy atom. The van der Waals surface area contributed by atoms with Gasteiger partial charge < -0.3 is 15.0 Å². The minimum absolute atomic E-state index is 0. The second-order valence-corrected chi connectivity index (χ2v) is 5.04. The molecule has 2 fully saturated rings. The van der Waals surface area contributed by atoms with Gasteiger partial charge in [-0.15, -0.1) is 12.4 Å². The fourth-order valence-corrected chi connectivity index (χ4v) is 2.63. The zero-order chi connectivity index (χ0) is 11.5. The van der Waals surface area contributed by atoms with E-state index in [0.717, 1.165) is 32.5 Å². The smallest absolute Gasteiger partial charge is 0.225 e. The van der Waals surface area contributed by atoms with Crippen molar-refractivity contribution in [3.63, 3.8) is 0 Å². The standard InChI is InChI=1S/C12H22N2O2.ClH/c1-9-7-11(3-4-13-9)12(15)14-5-6-16-10(2)8-14;/h9-11,13H,3-8H2,1-2H3;1H/t9-,10?,11-;/m0./s1. The third-order valence-corrected chi connectivity index (χ3v) is 3.53. The van der Waals surface area contributed by atoms with Crippen molar-refractivity contribution in [3.8, 4) is 0 Å². The number of nitrogens with zero attached hydrogens (tertiary/aromatic N) is 1. The topological polar surface area (TPSA) is 41.6 Å². The first-order valence-electron chi connectivity index (χ1n) is 6.30. The van der Waals surface area contributed by atoms with Gasteiger partial charge in [-0.3, -0.25) is 4.79 Å². The quantitative estimate of drug-likeness (QED) is 0.768. The van der Waals surface area contributed by atoms with E-state index in [-0.39, 0.29) is 24.4 Å². The molecule has 0 aliphatic carbocycles. The summed E-state index contributed by atoms with van der Waals surface area (Å²) in [5, 5.41) is 3.38. The highest BCUT2D eigenvalue weighted by Gasteiger charge is 2.30. The fourth-order valence-electron chi connectivity index (χ4n) is 2.63. The summed E-state index contributed by atoms with van der Waals surface area (Å²) in [6.07, 6.45) is 2.15. The lowest BCUT2D eigenvalue weighted by Gasteiger charge is -2.36. The van der Waals surface area contributed by atoms with Crippen molar-refractivity contribution in [2.75, 3.05) is 26.2 Å². The van der Waals surface area contributed by atoms with Crippen LogP contribution in [0.3, 0.4) is 0 Å². The molecule has 3 atom stereocenters. The Labute approximate surface area is 109 Å². The van der Waals surface area contributed by atoms with E-state index in [0.29, 0.717) is 18.6 Å². The minimum atomic E-state index is 0. The van der Waals surface area contributed by atoms with Crippen molar-refractivity contribution in [1.29, 1.82) is 0 Å². The third kappa shape index (κ3) is 3.83. The second kappa shape index (κ2) is 6.57. The largest absolute Gasteiger partial charge is 0.375 e. The molecule has 4 nitrogen and oxygen atoms in total. The monoisotopic (exact) mass is 262 g/mol. The number of hydrogen-bond acceptors (Lipinski definition) is 3. The predicted molar refractivity (Wildman–Crippen MR) is 69.4 cm³/mol. The molecule has 100 valence electrons. The van der Waals surface area contributed by atoms with Crippen LogP contribution >= 0.6 is 12.4 Å². The van der Waals surface area contributed by atoms with Crippen LogP contribution < -0.4 is 5.32 Å². The molecule has 1 unspecified atom stereocenters. The van der Waals surface area contributed by atoms with Crippen LogP contribution in [0.1, 0.15) is 26.7 Å². The summed E-state index contributed by atoms with van der Waals surface area (Å²) in [4.78, 5) is 14.3. The molecular weight excluding hydrogens is 240 g/mol. The van der Waals surface area contributed by atoms with Gasteiger partial charge in [-0.05, 0) is 33.2 Å². The van der Waals surface area contributed by atoms with E-state index in [1.165, 1.54) is 0 Å². The number of nitrogens with one attached hydrogen (secondary N) is 1. The lowest BCUT2D eigenvalue weighted by Crippen LogP contribution is -2.49. The molecule has 1 N–H and O–H groups in total. The summed E-state index contributed by atoms with van der Waals surface area (Å²) in [5.41, 5.74) is 0. The molecule has 2 aliphatic rings. The Kier molecular flexibility index (Phi) is 5.70. The third-order valence-electron chi connectivity index (χ3n) is 3.53. The minimum Gasteiger partial charge on any atom is -0.375 e. The fraction of sp³-hybridized carbons (Fsp3) is 0.917. The number of ether oxygens (including phenoxy) is 1. The summed E-state index contributed by atoms with van der Waals surface area (Å²) < 4.78 is 5.46. The number of halogens is 1. The van der Waals surface area contributed by atoms with Gasteiger partial charge in [-0.1, -0.05) is 0 Å². The molecule has 0 spiro atoms. The maximum absolute atomic E-state index is 12.3. The molecular formula is C12H23ClN2O2. The van der Waals surface area contributed by atoms with Gasteiger partial charge in [0, 0.05) is 25.0 Å². The molecule has 0 radical (unpaired) electrons. The molecule has 0 bridgehead atoms. The van der Waals surface area contributed by atoms with Crippen molar-refractivity contribution < 1.29 is 9.53 Å². The zero-order valence-electron chi connectivity index (χ0n) is 10.6. The molecule has 0 aromatic rings. The van der Waals surface area contributed by atoms with Crippen LogP contribution in [0.2, 0.25) is 0 Å². The van der Waals surface area contributed by atoms with Gasteiger partial charge in [0.1, 0.15) is 0 Å². The van der Waals surface area contributed by atoms with Gasteiger partial charge >= 0.3 is 0 Å². The summed E-state index contributed by atoms with van der Waals surface area (Å²) >= 11 is 0. The SMILES string of the molecule is CC1CN(C(=O)[C@H]2CCN[C@@H](C)C2)CCO1.Cl. The van der Waals surface area contributed by atoms with Crippen LogP contribution in [0.4, 0.5) is 0 Å². The first-order chi connectivity index (χ1) is 7.66. The van der Waals surface area contributed by atoms with Gasteiger partial charge in [-0.2, -0.15) is 0 Å². The van der Waals surface area contributed by atoms with Gasteiger partial charge in [0.05, 0.1) is 12.7 Å². The van der Waals surface area contributed by atoms with Crippen LogP contribution in [0.5, 0.6) is 0 Å². The molecule has 0 saturated carbocycles. The molecule has 1 amide bonds. The highest BCUT2D eigenvalue weighted by atomic mass is 35.5. The first kappa shape index (κ1) is 14.7. The maximum Gasteiger partial charge on any atom is 0.225 e. The lowest BCUT2D eigenvalue weighted by atomic mass is 9.92. The molecule has 5 heteroatoms. The van der Waals surface area contributed by atoms with Crippen LogP contribution in [-0.2, 0) is 9.53 Å². The van der Waals surface area contributed by atoms with Crippen LogP contribution in [0.25, 0.3) is 0 Å². The van der Waals surface area contributed by atoms with Crippen molar-refractivity contribution in [2.24, 2.45) is 5.92 Å². The summed E-state index contributed by atoms with van der Waals surface area (Å²) in [6, 6.07) is 0.473. The van der Waals surface area contributed by atoms with Gasteiger partial charge in [0.25, 0.3) is 0 Å². The number of amides is 1. The molecule has 0 aromatic carbocycles. The van der Waals surface area contributed by atoms with Gasteiger partial charge in [0.15, 0.2) is 0 Å². The van der Waals surface area contributed by atoms with E-state index in [4.69, 9.17) is 4.74 Å². The number of hydrogen-bond donors (Lipinski definition) is 1. The highest BCUT2D eigenvalue weighted by Crippen LogP contribution is 2.20. The summed E-state index contributed by atoms with van der Waals surface area (Å²) in [5.74, 6) is 0.560. The van der Waals surface area contributed by atoms with Crippen molar-refractivity contribution in [1.82, 2.24) is 10.2 Å². The van der Waals surface area contributed by atoms with Crippen LogP contribution in [0.15, 0.2) is 0 Å². The molecule has 2 heterocycles. The van der Waals surface area contributed by atoms with Crippen molar-refractivity contribution in [2.45, 2.75) is 38.8 Å². The summed E-state index contributed by atoms with van der Waals surface area (Å²) in [6.45, 7) is 7.37. The normalized spacial score (nSPS) is 34.0. The summed E-state index contributed by atoms with van der Waals surface area (Å²) in [7, 11) is 0. The average Bonchev–Trinajstić information content (AvgIpc) is 2.28. The Bertz CT molecular complexity index is 239. The zero-order valence-corrected chi connectivity index (χ0v) is 11.5. The average molecular weight is 263 g/mol. The van der Waals surface area contributed by atoms with Crippen LogP contribution in [-0.4, -0.2) is 49.2 Å². The Balaban J connectivity index is 0.00000144. The van der Waals surface area contributed by atoms with E-state index in [2.05, 4.69) is 12.2 Å². The molecule has 2 aliphatic heterocycles. The number of morpholine rings is 1. The number of carbonyl (C=O) groups is 1. The number of rotatable bonds is 1. The van der Waals surface area contributed by atoms with Gasteiger partial charge in [-0.25, -0.2) is 0 Å². The molecule has 2 saturated heterocycles. The molecule has 2 rings (SSSR count). The van der Waals surface area contributed by atoms with Crippen molar-refractivity contribution >= 4 is 18.3 Å². The van der Waals surface area contributed by atoms with Crippen molar-refractivity contribution in [3.05, 3.63) is 0 Å². The predicted octanol–water partition coefficient (Wildman–Crippen LogP) is 1.04. The van der Waals surface area contributed by atoms with Gasteiger partial charge in [0.2, 0.25) is 5.91 Å². The first-order valence-corrected chi connectivity index (χ1v) is 6.30. The highest BCUT2D eigenvalue weighted by molar-refractivity contribution is 5.85. The van der Waals surface area contributed by atoms with E-state index < -0.39 is 0 Å².